The molecule has 0 spiro atoms. The first-order chi connectivity index (χ1) is 14.6. The van der Waals surface area contributed by atoms with Gasteiger partial charge in [0.15, 0.2) is 17.5 Å². The number of guanidine groups is 1. The molecule has 0 radical (unpaired) electrons. The van der Waals surface area contributed by atoms with Crippen molar-refractivity contribution in [1.29, 1.82) is 0 Å². The van der Waals surface area contributed by atoms with Crippen LogP contribution in [0.2, 0.25) is 0 Å². The van der Waals surface area contributed by atoms with E-state index in [9.17, 15) is 4.79 Å². The van der Waals surface area contributed by atoms with Gasteiger partial charge in [0.1, 0.15) is 0 Å². The molecule has 0 atom stereocenters. The number of benzene rings is 2. The fourth-order valence-corrected chi connectivity index (χ4v) is 3.35. The van der Waals surface area contributed by atoms with Gasteiger partial charge in [0.2, 0.25) is 5.95 Å². The monoisotopic (exact) mass is 408 g/mol. The van der Waals surface area contributed by atoms with Gasteiger partial charge in [0.05, 0.1) is 31.7 Å². The van der Waals surface area contributed by atoms with Crippen LogP contribution in [0.5, 0.6) is 11.5 Å². The SMILES string of the molecule is COc1cc2nc(N(C)Cc3cccc(NC4=NCCN4)c3)[nH]c(=O)c2cc1OC. The highest BCUT2D eigenvalue weighted by molar-refractivity contribution is 5.94. The zero-order valence-electron chi connectivity index (χ0n) is 17.2. The fraction of sp³-hybridized carbons (Fsp3) is 0.286. The van der Waals surface area contributed by atoms with Crippen molar-refractivity contribution in [1.82, 2.24) is 15.3 Å². The number of ether oxygens (including phenoxy) is 2. The van der Waals surface area contributed by atoms with E-state index >= 15 is 0 Å². The summed E-state index contributed by atoms with van der Waals surface area (Å²) in [5, 5.41) is 6.91. The molecule has 3 aromatic rings. The number of hydrogen-bond donors (Lipinski definition) is 3. The molecule has 9 heteroatoms. The van der Waals surface area contributed by atoms with Crippen LogP contribution in [0.4, 0.5) is 11.6 Å². The van der Waals surface area contributed by atoms with E-state index in [0.717, 1.165) is 30.3 Å². The summed E-state index contributed by atoms with van der Waals surface area (Å²) in [4.78, 5) is 26.3. The first-order valence-corrected chi connectivity index (χ1v) is 9.59. The standard InChI is InChI=1S/C21H24N6O3/c1-27(12-13-5-4-6-14(9-13)24-20-22-7-8-23-20)21-25-16-11-18(30-3)17(29-2)10-15(16)19(28)26-21/h4-6,9-11H,7-8,12H2,1-3H3,(H2,22,23,24)(H,25,26,28). The smallest absolute Gasteiger partial charge is 0.260 e. The minimum atomic E-state index is -0.233. The number of aromatic amines is 1. The Morgan fingerprint density at radius 1 is 1.17 bits per heavy atom. The van der Waals surface area contributed by atoms with Crippen molar-refractivity contribution in [2.45, 2.75) is 6.54 Å². The van der Waals surface area contributed by atoms with Gasteiger partial charge in [-0.2, -0.15) is 0 Å². The van der Waals surface area contributed by atoms with Crippen LogP contribution in [-0.2, 0) is 6.54 Å². The normalized spacial score (nSPS) is 13.0. The molecular weight excluding hydrogens is 384 g/mol. The van der Waals surface area contributed by atoms with Crippen molar-refractivity contribution >= 4 is 28.5 Å². The molecule has 2 heterocycles. The third-order valence-electron chi connectivity index (χ3n) is 4.84. The van der Waals surface area contributed by atoms with Crippen LogP contribution in [0.25, 0.3) is 10.9 Å². The third kappa shape index (κ3) is 4.00. The molecule has 0 amide bonds. The Labute approximate surface area is 173 Å². The van der Waals surface area contributed by atoms with Crippen LogP contribution >= 0.6 is 0 Å². The van der Waals surface area contributed by atoms with Crippen molar-refractivity contribution in [2.24, 2.45) is 4.99 Å². The summed E-state index contributed by atoms with van der Waals surface area (Å²) in [6, 6.07) is 11.4. The zero-order valence-corrected chi connectivity index (χ0v) is 17.2. The molecule has 0 unspecified atom stereocenters. The Bertz CT molecular complexity index is 1160. The first-order valence-electron chi connectivity index (χ1n) is 9.59. The van der Waals surface area contributed by atoms with Crippen LogP contribution in [0.15, 0.2) is 46.2 Å². The van der Waals surface area contributed by atoms with Gasteiger partial charge in [0.25, 0.3) is 5.56 Å². The van der Waals surface area contributed by atoms with Gasteiger partial charge >= 0.3 is 0 Å². The number of nitrogens with zero attached hydrogens (tertiary/aromatic N) is 3. The summed E-state index contributed by atoms with van der Waals surface area (Å²) in [5.41, 5.74) is 2.32. The second kappa shape index (κ2) is 8.32. The summed E-state index contributed by atoms with van der Waals surface area (Å²) in [7, 11) is 4.97. The number of methoxy groups -OCH3 is 2. The fourth-order valence-electron chi connectivity index (χ4n) is 3.35. The maximum absolute atomic E-state index is 12.6. The Kier molecular flexibility index (Phi) is 5.42. The molecule has 4 rings (SSSR count). The lowest BCUT2D eigenvalue weighted by molar-refractivity contribution is 0.355. The highest BCUT2D eigenvalue weighted by atomic mass is 16.5. The van der Waals surface area contributed by atoms with E-state index in [2.05, 4.69) is 25.6 Å². The predicted molar refractivity (Wildman–Crippen MR) is 118 cm³/mol. The number of hydrogen-bond acceptors (Lipinski definition) is 8. The molecule has 0 fully saturated rings. The maximum Gasteiger partial charge on any atom is 0.260 e. The van der Waals surface area contributed by atoms with E-state index in [1.807, 2.05) is 36.2 Å². The lowest BCUT2D eigenvalue weighted by Gasteiger charge is -2.19. The highest BCUT2D eigenvalue weighted by Gasteiger charge is 2.13. The Morgan fingerprint density at radius 2 is 1.97 bits per heavy atom. The average molecular weight is 408 g/mol. The number of aliphatic imine (C=N–C) groups is 1. The molecule has 3 N–H and O–H groups in total. The van der Waals surface area contributed by atoms with Crippen molar-refractivity contribution in [3.63, 3.8) is 0 Å². The number of fused-ring (bicyclic) bond motifs is 1. The summed E-state index contributed by atoms with van der Waals surface area (Å²) in [5.74, 6) is 2.27. The zero-order chi connectivity index (χ0) is 21.1. The molecule has 0 bridgehead atoms. The lowest BCUT2D eigenvalue weighted by atomic mass is 10.2. The lowest BCUT2D eigenvalue weighted by Crippen LogP contribution is -2.26. The van der Waals surface area contributed by atoms with E-state index in [-0.39, 0.29) is 5.56 Å². The molecule has 1 aliphatic rings. The number of H-pyrrole nitrogens is 1. The second-order valence-electron chi connectivity index (χ2n) is 6.95. The van der Waals surface area contributed by atoms with Gasteiger partial charge in [-0.15, -0.1) is 0 Å². The van der Waals surface area contributed by atoms with Crippen molar-refractivity contribution < 1.29 is 9.47 Å². The van der Waals surface area contributed by atoms with E-state index in [1.165, 1.54) is 7.11 Å². The molecule has 0 saturated carbocycles. The molecule has 156 valence electrons. The van der Waals surface area contributed by atoms with Gasteiger partial charge in [-0.1, -0.05) is 12.1 Å². The molecular formula is C21H24N6O3. The number of aromatic nitrogens is 2. The van der Waals surface area contributed by atoms with Crippen molar-refractivity contribution in [3.05, 3.63) is 52.3 Å². The minimum Gasteiger partial charge on any atom is -0.493 e. The van der Waals surface area contributed by atoms with Gasteiger partial charge in [-0.3, -0.25) is 14.8 Å². The highest BCUT2D eigenvalue weighted by Crippen LogP contribution is 2.30. The van der Waals surface area contributed by atoms with Crippen LogP contribution in [0.3, 0.4) is 0 Å². The minimum absolute atomic E-state index is 0.233. The Morgan fingerprint density at radius 3 is 2.70 bits per heavy atom. The van der Waals surface area contributed by atoms with Crippen LogP contribution in [0.1, 0.15) is 5.56 Å². The number of rotatable bonds is 6. The molecule has 9 nitrogen and oxygen atoms in total. The average Bonchev–Trinajstić information content (AvgIpc) is 3.26. The van der Waals surface area contributed by atoms with Crippen molar-refractivity contribution in [2.75, 3.05) is 44.6 Å². The quantitative estimate of drug-likeness (QED) is 0.573. The first kappa shape index (κ1) is 19.6. The van der Waals surface area contributed by atoms with Gasteiger partial charge in [-0.25, -0.2) is 4.98 Å². The Balaban J connectivity index is 1.58. The summed E-state index contributed by atoms with van der Waals surface area (Å²) in [6.07, 6.45) is 0. The molecule has 1 aromatic heterocycles. The van der Waals surface area contributed by atoms with Crippen LogP contribution in [-0.4, -0.2) is 50.3 Å². The van der Waals surface area contributed by atoms with Crippen molar-refractivity contribution in [3.8, 4) is 11.5 Å². The third-order valence-corrected chi connectivity index (χ3v) is 4.84. The van der Waals surface area contributed by atoms with E-state index in [4.69, 9.17) is 9.47 Å². The summed E-state index contributed by atoms with van der Waals surface area (Å²) in [6.45, 7) is 2.20. The molecule has 1 aliphatic heterocycles. The predicted octanol–water partition coefficient (Wildman–Crippen LogP) is 1.95. The molecule has 30 heavy (non-hydrogen) atoms. The van der Waals surface area contributed by atoms with E-state index in [1.54, 1.807) is 19.2 Å². The van der Waals surface area contributed by atoms with E-state index in [0.29, 0.717) is 34.9 Å². The Hall–Kier alpha value is -3.75. The van der Waals surface area contributed by atoms with Crippen LogP contribution < -0.4 is 30.6 Å². The summed E-state index contributed by atoms with van der Waals surface area (Å²) < 4.78 is 10.6. The van der Waals surface area contributed by atoms with Gasteiger partial charge in [0, 0.05) is 31.9 Å². The van der Waals surface area contributed by atoms with Crippen LogP contribution in [0, 0.1) is 0 Å². The topological polar surface area (TPSA) is 104 Å². The van der Waals surface area contributed by atoms with Gasteiger partial charge < -0.3 is 25.0 Å². The number of anilines is 2. The second-order valence-corrected chi connectivity index (χ2v) is 6.95. The molecule has 2 aromatic carbocycles. The number of nitrogens with one attached hydrogen (secondary N) is 3. The largest absolute Gasteiger partial charge is 0.493 e. The summed E-state index contributed by atoms with van der Waals surface area (Å²) >= 11 is 0. The van der Waals surface area contributed by atoms with E-state index < -0.39 is 0 Å². The molecule has 0 saturated heterocycles. The molecule has 0 aliphatic carbocycles. The maximum atomic E-state index is 12.6. The van der Waals surface area contributed by atoms with Gasteiger partial charge in [-0.05, 0) is 23.8 Å².